The Balaban J connectivity index is 1.32. The van der Waals surface area contributed by atoms with E-state index in [1.54, 1.807) is 0 Å². The molecule has 2 nitrogen and oxygen atoms in total. The second kappa shape index (κ2) is 5.44. The lowest BCUT2D eigenvalue weighted by Gasteiger charge is -2.54. The van der Waals surface area contributed by atoms with Crippen molar-refractivity contribution in [1.82, 2.24) is 5.32 Å². The monoisotopic (exact) mass is 275 g/mol. The summed E-state index contributed by atoms with van der Waals surface area (Å²) in [5.74, 6) is 5.99. The molecule has 0 unspecified atom stereocenters. The average molecular weight is 275 g/mol. The lowest BCUT2D eigenvalue weighted by molar-refractivity contribution is -0.124. The molecule has 0 aromatic heterocycles. The third kappa shape index (κ3) is 2.45. The van der Waals surface area contributed by atoms with Gasteiger partial charge in [0.15, 0.2) is 0 Å². The van der Waals surface area contributed by atoms with E-state index >= 15 is 0 Å². The highest BCUT2D eigenvalue weighted by Crippen LogP contribution is 2.57. The maximum atomic E-state index is 12.4. The third-order valence-electron chi connectivity index (χ3n) is 6.94. The van der Waals surface area contributed by atoms with Crippen LogP contribution in [-0.4, -0.2) is 18.9 Å². The van der Waals surface area contributed by atoms with E-state index in [9.17, 15) is 4.79 Å². The highest BCUT2D eigenvalue weighted by Gasteiger charge is 2.47. The molecule has 1 N–H and O–H groups in total. The SMILES string of the molecule is O=C(CCC1C2CC3CC(C2)CC1C3)C1CCNCC1. The van der Waals surface area contributed by atoms with Crippen molar-refractivity contribution >= 4 is 5.78 Å². The molecule has 112 valence electrons. The minimum absolute atomic E-state index is 0.382. The molecule has 1 heterocycles. The molecule has 5 fully saturated rings. The Morgan fingerprint density at radius 3 is 2.10 bits per heavy atom. The summed E-state index contributed by atoms with van der Waals surface area (Å²) >= 11 is 0. The van der Waals surface area contributed by atoms with E-state index in [4.69, 9.17) is 0 Å². The quantitative estimate of drug-likeness (QED) is 0.852. The summed E-state index contributed by atoms with van der Waals surface area (Å²) in [4.78, 5) is 12.4. The van der Waals surface area contributed by atoms with Gasteiger partial charge in [0.2, 0.25) is 0 Å². The Hall–Kier alpha value is -0.370. The first kappa shape index (κ1) is 13.3. The van der Waals surface area contributed by atoms with Crippen molar-refractivity contribution in [3.05, 3.63) is 0 Å². The van der Waals surface area contributed by atoms with Crippen molar-refractivity contribution in [3.63, 3.8) is 0 Å². The van der Waals surface area contributed by atoms with Gasteiger partial charge in [0, 0.05) is 12.3 Å². The van der Waals surface area contributed by atoms with Crippen molar-refractivity contribution in [3.8, 4) is 0 Å². The van der Waals surface area contributed by atoms with Crippen LogP contribution < -0.4 is 5.32 Å². The van der Waals surface area contributed by atoms with Crippen molar-refractivity contribution in [2.24, 2.45) is 35.5 Å². The van der Waals surface area contributed by atoms with Gasteiger partial charge in [-0.1, -0.05) is 0 Å². The fourth-order valence-corrected chi connectivity index (χ4v) is 6.17. The molecule has 4 aliphatic carbocycles. The fourth-order valence-electron chi connectivity index (χ4n) is 6.17. The second-order valence-corrected chi connectivity index (χ2v) is 8.12. The van der Waals surface area contributed by atoms with E-state index in [1.807, 2.05) is 0 Å². The molecule has 4 saturated carbocycles. The standard InChI is InChI=1S/C18H29NO/c20-18(14-3-5-19-6-4-14)2-1-17-15-8-12-7-13(10-15)11-16(17)9-12/h12-17,19H,1-11H2. The number of ketones is 1. The van der Waals surface area contributed by atoms with E-state index in [-0.39, 0.29) is 0 Å². The van der Waals surface area contributed by atoms with Crippen LogP contribution in [-0.2, 0) is 4.79 Å². The highest BCUT2D eigenvalue weighted by molar-refractivity contribution is 5.81. The minimum Gasteiger partial charge on any atom is -0.317 e. The van der Waals surface area contributed by atoms with Gasteiger partial charge in [0.1, 0.15) is 5.78 Å². The van der Waals surface area contributed by atoms with Gasteiger partial charge in [0.25, 0.3) is 0 Å². The zero-order valence-corrected chi connectivity index (χ0v) is 12.7. The van der Waals surface area contributed by atoms with E-state index in [2.05, 4.69) is 5.32 Å². The van der Waals surface area contributed by atoms with Crippen LogP contribution in [0.25, 0.3) is 0 Å². The average Bonchev–Trinajstić information content (AvgIpc) is 2.46. The fraction of sp³-hybridized carbons (Fsp3) is 0.944. The van der Waals surface area contributed by atoms with E-state index < -0.39 is 0 Å². The van der Waals surface area contributed by atoms with Gasteiger partial charge < -0.3 is 5.32 Å². The number of Topliss-reactive ketones (excluding diaryl/α,β-unsaturated/α-hetero) is 1. The second-order valence-electron chi connectivity index (χ2n) is 8.12. The normalized spacial score (nSPS) is 43.9. The first-order valence-electron chi connectivity index (χ1n) is 9.03. The molecule has 20 heavy (non-hydrogen) atoms. The first-order chi connectivity index (χ1) is 9.79. The maximum Gasteiger partial charge on any atom is 0.136 e. The largest absolute Gasteiger partial charge is 0.317 e. The first-order valence-corrected chi connectivity index (χ1v) is 9.03. The summed E-state index contributed by atoms with van der Waals surface area (Å²) in [5, 5.41) is 3.36. The Morgan fingerprint density at radius 2 is 1.50 bits per heavy atom. The summed E-state index contributed by atoms with van der Waals surface area (Å²) in [6.45, 7) is 2.10. The van der Waals surface area contributed by atoms with Crippen LogP contribution in [0.2, 0.25) is 0 Å². The number of hydrogen-bond donors (Lipinski definition) is 1. The summed E-state index contributed by atoms with van der Waals surface area (Å²) in [6.07, 6.45) is 11.8. The number of piperidine rings is 1. The van der Waals surface area contributed by atoms with Gasteiger partial charge in [-0.3, -0.25) is 4.79 Å². The van der Waals surface area contributed by atoms with Gasteiger partial charge >= 0.3 is 0 Å². The maximum absolute atomic E-state index is 12.4. The third-order valence-corrected chi connectivity index (χ3v) is 6.94. The number of carbonyl (C=O) groups excluding carboxylic acids is 1. The Morgan fingerprint density at radius 1 is 0.900 bits per heavy atom. The number of carbonyl (C=O) groups is 1. The molecule has 2 heteroatoms. The van der Waals surface area contributed by atoms with Crippen LogP contribution in [0.3, 0.4) is 0 Å². The molecule has 5 rings (SSSR count). The lowest BCUT2D eigenvalue weighted by atomic mass is 9.51. The molecular weight excluding hydrogens is 246 g/mol. The molecule has 0 aromatic carbocycles. The predicted molar refractivity (Wildman–Crippen MR) is 80.4 cm³/mol. The van der Waals surface area contributed by atoms with Crippen LogP contribution in [0.5, 0.6) is 0 Å². The Bertz CT molecular complexity index is 344. The molecule has 1 saturated heterocycles. The van der Waals surface area contributed by atoms with Gasteiger partial charge in [0.05, 0.1) is 0 Å². The van der Waals surface area contributed by atoms with Gasteiger partial charge in [-0.25, -0.2) is 0 Å². The van der Waals surface area contributed by atoms with Crippen molar-refractivity contribution < 1.29 is 4.79 Å². The zero-order valence-electron chi connectivity index (χ0n) is 12.7. The molecule has 0 spiro atoms. The van der Waals surface area contributed by atoms with Gasteiger partial charge in [-0.15, -0.1) is 0 Å². The van der Waals surface area contributed by atoms with Crippen LogP contribution in [0.15, 0.2) is 0 Å². The van der Waals surface area contributed by atoms with Gasteiger partial charge in [-0.05, 0) is 94.0 Å². The summed E-state index contributed by atoms with van der Waals surface area (Å²) in [6, 6.07) is 0. The molecule has 4 bridgehead atoms. The van der Waals surface area contributed by atoms with Crippen molar-refractivity contribution in [2.75, 3.05) is 13.1 Å². The van der Waals surface area contributed by atoms with Crippen LogP contribution in [0.1, 0.15) is 57.8 Å². The molecule has 0 amide bonds. The zero-order chi connectivity index (χ0) is 13.5. The number of nitrogens with one attached hydrogen (secondary N) is 1. The van der Waals surface area contributed by atoms with Crippen LogP contribution in [0.4, 0.5) is 0 Å². The van der Waals surface area contributed by atoms with Gasteiger partial charge in [-0.2, -0.15) is 0 Å². The summed E-state index contributed by atoms with van der Waals surface area (Å²) in [7, 11) is 0. The molecule has 5 aliphatic rings. The minimum atomic E-state index is 0.382. The van der Waals surface area contributed by atoms with Crippen LogP contribution in [0, 0.1) is 35.5 Å². The van der Waals surface area contributed by atoms with Crippen molar-refractivity contribution in [2.45, 2.75) is 57.8 Å². The van der Waals surface area contributed by atoms with E-state index in [1.165, 1.54) is 38.5 Å². The van der Waals surface area contributed by atoms with Crippen molar-refractivity contribution in [1.29, 1.82) is 0 Å². The topological polar surface area (TPSA) is 29.1 Å². The lowest BCUT2D eigenvalue weighted by Crippen LogP contribution is -2.45. The Kier molecular flexibility index (Phi) is 3.62. The Labute approximate surface area is 123 Å². The summed E-state index contributed by atoms with van der Waals surface area (Å²) in [5.41, 5.74) is 0. The smallest absolute Gasteiger partial charge is 0.136 e. The molecule has 0 atom stereocenters. The number of rotatable bonds is 4. The summed E-state index contributed by atoms with van der Waals surface area (Å²) < 4.78 is 0. The molecule has 0 aromatic rings. The highest BCUT2D eigenvalue weighted by atomic mass is 16.1. The number of hydrogen-bond acceptors (Lipinski definition) is 2. The van der Waals surface area contributed by atoms with Crippen LogP contribution >= 0.6 is 0 Å². The molecular formula is C18H29NO. The molecule has 1 aliphatic heterocycles. The predicted octanol–water partition coefficient (Wildman–Crippen LogP) is 3.41. The van der Waals surface area contributed by atoms with E-state index in [0.29, 0.717) is 11.7 Å². The van der Waals surface area contributed by atoms with E-state index in [0.717, 1.165) is 61.9 Å². The molecule has 0 radical (unpaired) electrons.